The molecule has 0 aliphatic heterocycles. The van der Waals surface area contributed by atoms with E-state index >= 15 is 0 Å². The van der Waals surface area contributed by atoms with Crippen LogP contribution >= 0.6 is 24.4 Å². The van der Waals surface area contributed by atoms with Gasteiger partial charge in [-0.25, -0.2) is 0 Å². The number of hydrogen-bond acceptors (Lipinski definition) is 4. The zero-order chi connectivity index (χ0) is 13.2. The Hall–Kier alpha value is -0.480. The van der Waals surface area contributed by atoms with Crippen molar-refractivity contribution in [3.8, 4) is 0 Å². The summed E-state index contributed by atoms with van der Waals surface area (Å²) in [6.45, 7) is 8.61. The molecule has 0 N–H and O–H groups in total. The molecule has 0 heterocycles. The van der Waals surface area contributed by atoms with Gasteiger partial charge in [0.15, 0.2) is 0 Å². The molecule has 0 aliphatic rings. The molecule has 0 bridgehead atoms. The molecule has 4 heteroatoms. The van der Waals surface area contributed by atoms with E-state index in [-0.39, 0.29) is 0 Å². The van der Waals surface area contributed by atoms with Gasteiger partial charge in [0.05, 0.1) is 20.4 Å². The van der Waals surface area contributed by atoms with E-state index in [1.165, 1.54) is 6.42 Å². The van der Waals surface area contributed by atoms with E-state index in [0.29, 0.717) is 5.92 Å². The topological polar surface area (TPSA) is 6.48 Å². The van der Waals surface area contributed by atoms with Crippen LogP contribution in [0.1, 0.15) is 27.2 Å². The van der Waals surface area contributed by atoms with Crippen LogP contribution in [0.5, 0.6) is 0 Å². The van der Waals surface area contributed by atoms with Gasteiger partial charge in [0.1, 0.15) is 0 Å². The van der Waals surface area contributed by atoms with Crippen molar-refractivity contribution in [3.05, 3.63) is 9.02 Å². The van der Waals surface area contributed by atoms with E-state index in [0.717, 1.165) is 33.5 Å². The second-order valence-corrected chi connectivity index (χ2v) is 5.79. The zero-order valence-corrected chi connectivity index (χ0v) is 13.0. The van der Waals surface area contributed by atoms with Crippen LogP contribution in [0.3, 0.4) is 0 Å². The SMILES string of the molecule is CCN(C)c1c(N(C)CCC(C)C)c(=S)c1=S. The van der Waals surface area contributed by atoms with Crippen LogP contribution in [0, 0.1) is 14.9 Å². The van der Waals surface area contributed by atoms with E-state index in [2.05, 4.69) is 44.7 Å². The van der Waals surface area contributed by atoms with E-state index < -0.39 is 0 Å². The molecule has 0 unspecified atom stereocenters. The lowest BCUT2D eigenvalue weighted by Gasteiger charge is -2.30. The minimum Gasteiger partial charge on any atom is -0.372 e. The Morgan fingerprint density at radius 1 is 1.00 bits per heavy atom. The van der Waals surface area contributed by atoms with Crippen LogP contribution in [0.4, 0.5) is 11.4 Å². The van der Waals surface area contributed by atoms with Crippen LogP contribution in [0.2, 0.25) is 0 Å². The molecule has 1 aromatic rings. The summed E-state index contributed by atoms with van der Waals surface area (Å²) in [6.07, 6.45) is 1.18. The van der Waals surface area contributed by atoms with Crippen LogP contribution in [-0.2, 0) is 0 Å². The van der Waals surface area contributed by atoms with Gasteiger partial charge in [-0.2, -0.15) is 0 Å². The average Bonchev–Trinajstić information content (AvgIpc) is 2.30. The largest absolute Gasteiger partial charge is 0.372 e. The van der Waals surface area contributed by atoms with Crippen molar-refractivity contribution < 1.29 is 0 Å². The molecule has 0 fully saturated rings. The van der Waals surface area contributed by atoms with Gasteiger partial charge >= 0.3 is 0 Å². The summed E-state index contributed by atoms with van der Waals surface area (Å²) in [5.41, 5.74) is 2.31. The van der Waals surface area contributed by atoms with Crippen molar-refractivity contribution in [3.63, 3.8) is 0 Å². The van der Waals surface area contributed by atoms with Crippen molar-refractivity contribution in [1.82, 2.24) is 0 Å². The summed E-state index contributed by atoms with van der Waals surface area (Å²) >= 11 is 10.7. The molecular formula is C13H22N2S2. The Balaban J connectivity index is 2.87. The number of anilines is 2. The Morgan fingerprint density at radius 2 is 1.47 bits per heavy atom. The van der Waals surface area contributed by atoms with Gasteiger partial charge in [-0.1, -0.05) is 38.3 Å². The highest BCUT2D eigenvalue weighted by molar-refractivity contribution is 7.74. The molecule has 0 saturated heterocycles. The van der Waals surface area contributed by atoms with Gasteiger partial charge in [0.25, 0.3) is 0 Å². The fourth-order valence-electron chi connectivity index (χ4n) is 1.80. The lowest BCUT2D eigenvalue weighted by Crippen LogP contribution is -2.27. The summed E-state index contributed by atoms with van der Waals surface area (Å²) in [5.74, 6) is 0.714. The first kappa shape index (κ1) is 14.6. The Bertz CT molecular complexity index is 444. The van der Waals surface area contributed by atoms with Crippen molar-refractivity contribution in [2.45, 2.75) is 27.2 Å². The minimum absolute atomic E-state index is 0.714. The molecule has 0 aromatic heterocycles. The van der Waals surface area contributed by atoms with E-state index in [9.17, 15) is 0 Å². The van der Waals surface area contributed by atoms with Gasteiger partial charge in [0.2, 0.25) is 0 Å². The molecule has 96 valence electrons. The molecule has 1 rings (SSSR count). The fraction of sp³-hybridized carbons (Fsp3) is 0.692. The van der Waals surface area contributed by atoms with Crippen LogP contribution < -0.4 is 9.80 Å². The third-order valence-electron chi connectivity index (χ3n) is 3.14. The molecule has 17 heavy (non-hydrogen) atoms. The maximum Gasteiger partial charge on any atom is 0.0834 e. The zero-order valence-electron chi connectivity index (χ0n) is 11.4. The second kappa shape index (κ2) is 5.91. The quantitative estimate of drug-likeness (QED) is 0.722. The van der Waals surface area contributed by atoms with E-state index in [4.69, 9.17) is 24.4 Å². The second-order valence-electron chi connectivity index (χ2n) is 4.97. The van der Waals surface area contributed by atoms with Crippen molar-refractivity contribution in [2.75, 3.05) is 37.0 Å². The Morgan fingerprint density at radius 3 is 1.88 bits per heavy atom. The first-order chi connectivity index (χ1) is 7.90. The van der Waals surface area contributed by atoms with Crippen molar-refractivity contribution in [1.29, 1.82) is 0 Å². The maximum absolute atomic E-state index is 5.36. The number of hydrogen-bond donors (Lipinski definition) is 0. The highest BCUT2D eigenvalue weighted by Gasteiger charge is 2.20. The number of rotatable bonds is 6. The number of nitrogens with zero attached hydrogens (tertiary/aromatic N) is 2. The van der Waals surface area contributed by atoms with Gasteiger partial charge in [0, 0.05) is 27.2 Å². The average molecular weight is 270 g/mol. The summed E-state index contributed by atoms with van der Waals surface area (Å²) in [4.78, 5) is 4.43. The van der Waals surface area contributed by atoms with Crippen LogP contribution in [-0.4, -0.2) is 27.2 Å². The van der Waals surface area contributed by atoms with Crippen LogP contribution in [0.15, 0.2) is 0 Å². The van der Waals surface area contributed by atoms with Crippen LogP contribution in [0.25, 0.3) is 0 Å². The third-order valence-corrected chi connectivity index (χ3v) is 4.06. The fourth-order valence-corrected chi connectivity index (χ4v) is 2.50. The van der Waals surface area contributed by atoms with Crippen molar-refractivity contribution >= 4 is 35.8 Å². The smallest absolute Gasteiger partial charge is 0.0834 e. The highest BCUT2D eigenvalue weighted by Crippen LogP contribution is 2.37. The summed E-state index contributed by atoms with van der Waals surface area (Å²) in [6, 6.07) is 0. The van der Waals surface area contributed by atoms with Gasteiger partial charge < -0.3 is 9.80 Å². The molecule has 0 aliphatic carbocycles. The maximum atomic E-state index is 5.36. The summed E-state index contributed by atoms with van der Waals surface area (Å²) < 4.78 is 1.72. The molecule has 0 amide bonds. The standard InChI is InChI=1S/C13H22N2S2/c1-6-14(4)10-11(13(17)12(10)16)15(5)8-7-9(2)3/h9H,6-8H2,1-5H3. The van der Waals surface area contributed by atoms with Crippen molar-refractivity contribution in [2.24, 2.45) is 5.92 Å². The predicted octanol–water partition coefficient (Wildman–Crippen LogP) is 3.96. The third kappa shape index (κ3) is 3.05. The molecule has 0 saturated carbocycles. The predicted molar refractivity (Wildman–Crippen MR) is 82.2 cm³/mol. The van der Waals surface area contributed by atoms with E-state index in [1.807, 2.05) is 0 Å². The molecule has 1 aromatic carbocycles. The molecule has 0 radical (unpaired) electrons. The Kier molecular flexibility index (Phi) is 5.07. The minimum atomic E-state index is 0.714. The van der Waals surface area contributed by atoms with Gasteiger partial charge in [-0.15, -0.1) is 0 Å². The first-order valence-electron chi connectivity index (χ1n) is 6.15. The van der Waals surface area contributed by atoms with E-state index in [1.54, 1.807) is 0 Å². The molecule has 0 atom stereocenters. The van der Waals surface area contributed by atoms with Gasteiger partial charge in [-0.05, 0) is 19.3 Å². The Labute approximate surface area is 115 Å². The highest BCUT2D eigenvalue weighted by atomic mass is 32.1. The van der Waals surface area contributed by atoms with Gasteiger partial charge in [-0.3, -0.25) is 0 Å². The first-order valence-corrected chi connectivity index (χ1v) is 6.97. The lowest BCUT2D eigenvalue weighted by atomic mass is 10.1. The molecular weight excluding hydrogens is 248 g/mol. The molecule has 0 spiro atoms. The monoisotopic (exact) mass is 270 g/mol. The molecule has 2 nitrogen and oxygen atoms in total. The summed E-state index contributed by atoms with van der Waals surface area (Å²) in [7, 11) is 4.18. The summed E-state index contributed by atoms with van der Waals surface area (Å²) in [5, 5.41) is 0. The lowest BCUT2D eigenvalue weighted by molar-refractivity contribution is 0.584. The normalized spacial score (nSPS) is 11.2.